The van der Waals surface area contributed by atoms with E-state index in [0.717, 1.165) is 55.3 Å². The van der Waals surface area contributed by atoms with Gasteiger partial charge in [-0.25, -0.2) is 15.0 Å². The van der Waals surface area contributed by atoms with Crippen molar-refractivity contribution in [2.24, 2.45) is 0 Å². The standard InChI is InChI=1S/C57H34N4OS/c1-3-13-35(14-4-1)36-25-27-37(28-26-36)41-19-12-24-51-53(41)46-32-30-40(34-52(46)63-51)57-59-55(38-15-5-2-6-16-38)58-56(60-57)39-29-31-44-45-20-11-23-49(54(45)62-50(44)33-39)61-47-21-9-7-17-42(47)43-18-8-10-22-48(43)61/h1-34H. The van der Waals surface area contributed by atoms with E-state index >= 15 is 0 Å². The fourth-order valence-electron chi connectivity index (χ4n) is 9.31. The molecule has 9 aromatic carbocycles. The van der Waals surface area contributed by atoms with Gasteiger partial charge in [-0.3, -0.25) is 0 Å². The molecule has 294 valence electrons. The highest BCUT2D eigenvalue weighted by Crippen LogP contribution is 2.43. The Morgan fingerprint density at radius 3 is 1.62 bits per heavy atom. The van der Waals surface area contributed by atoms with E-state index in [-0.39, 0.29) is 0 Å². The molecule has 0 aliphatic carbocycles. The molecule has 63 heavy (non-hydrogen) atoms. The molecule has 4 heterocycles. The first-order valence-electron chi connectivity index (χ1n) is 21.1. The van der Waals surface area contributed by atoms with Gasteiger partial charge < -0.3 is 8.98 Å². The molecule has 0 bridgehead atoms. The normalized spacial score (nSPS) is 11.8. The van der Waals surface area contributed by atoms with Crippen molar-refractivity contribution in [2.45, 2.75) is 0 Å². The Morgan fingerprint density at radius 2 is 0.905 bits per heavy atom. The summed E-state index contributed by atoms with van der Waals surface area (Å²) < 4.78 is 11.6. The van der Waals surface area contributed by atoms with Crippen LogP contribution in [-0.2, 0) is 0 Å². The van der Waals surface area contributed by atoms with E-state index in [2.05, 4.69) is 180 Å². The summed E-state index contributed by atoms with van der Waals surface area (Å²) in [5, 5.41) is 7.00. The van der Waals surface area contributed by atoms with Crippen LogP contribution in [0.1, 0.15) is 0 Å². The number of para-hydroxylation sites is 3. The number of fused-ring (bicyclic) bond motifs is 9. The molecule has 13 rings (SSSR count). The Bertz CT molecular complexity index is 3850. The topological polar surface area (TPSA) is 56.7 Å². The lowest BCUT2D eigenvalue weighted by Crippen LogP contribution is -2.00. The third-order valence-electron chi connectivity index (χ3n) is 12.3. The van der Waals surface area contributed by atoms with Crippen molar-refractivity contribution in [1.29, 1.82) is 0 Å². The minimum atomic E-state index is 0.585. The molecule has 0 unspecified atom stereocenters. The number of aromatic nitrogens is 4. The lowest BCUT2D eigenvalue weighted by atomic mass is 9.97. The molecule has 6 heteroatoms. The maximum atomic E-state index is 6.85. The number of furan rings is 1. The molecular weight excluding hydrogens is 789 g/mol. The van der Waals surface area contributed by atoms with Crippen LogP contribution in [0.25, 0.3) is 126 Å². The van der Waals surface area contributed by atoms with Crippen LogP contribution in [0, 0.1) is 0 Å². The van der Waals surface area contributed by atoms with E-state index in [4.69, 9.17) is 19.4 Å². The monoisotopic (exact) mass is 822 g/mol. The smallest absolute Gasteiger partial charge is 0.164 e. The van der Waals surface area contributed by atoms with Gasteiger partial charge in [-0.2, -0.15) is 0 Å². The first kappa shape index (κ1) is 35.6. The molecule has 0 fully saturated rings. The fourth-order valence-corrected chi connectivity index (χ4v) is 10.5. The predicted molar refractivity (Wildman–Crippen MR) is 262 cm³/mol. The summed E-state index contributed by atoms with van der Waals surface area (Å²) in [6.07, 6.45) is 0. The second-order valence-corrected chi connectivity index (χ2v) is 17.0. The van der Waals surface area contributed by atoms with Crippen LogP contribution < -0.4 is 0 Å². The molecule has 0 N–H and O–H groups in total. The van der Waals surface area contributed by atoms with E-state index < -0.39 is 0 Å². The van der Waals surface area contributed by atoms with E-state index in [0.29, 0.717) is 17.5 Å². The average Bonchev–Trinajstić information content (AvgIpc) is 4.04. The van der Waals surface area contributed by atoms with Gasteiger partial charge in [0, 0.05) is 58.4 Å². The quantitative estimate of drug-likeness (QED) is 0.168. The van der Waals surface area contributed by atoms with Crippen molar-refractivity contribution >= 4 is 75.3 Å². The molecule has 0 spiro atoms. The Morgan fingerprint density at radius 1 is 0.365 bits per heavy atom. The van der Waals surface area contributed by atoms with Crippen LogP contribution in [0.15, 0.2) is 211 Å². The molecule has 0 radical (unpaired) electrons. The zero-order chi connectivity index (χ0) is 41.4. The number of rotatable bonds is 6. The fraction of sp³-hybridized carbons (Fsp3) is 0. The van der Waals surface area contributed by atoms with Gasteiger partial charge >= 0.3 is 0 Å². The Labute approximate surface area is 365 Å². The summed E-state index contributed by atoms with van der Waals surface area (Å²) in [6.45, 7) is 0. The zero-order valence-electron chi connectivity index (χ0n) is 33.7. The molecule has 5 nitrogen and oxygen atoms in total. The molecule has 13 aromatic rings. The largest absolute Gasteiger partial charge is 0.454 e. The van der Waals surface area contributed by atoms with Gasteiger partial charge in [-0.1, -0.05) is 164 Å². The van der Waals surface area contributed by atoms with Gasteiger partial charge in [0.1, 0.15) is 5.58 Å². The maximum absolute atomic E-state index is 6.85. The van der Waals surface area contributed by atoms with Crippen LogP contribution in [0.5, 0.6) is 0 Å². The Balaban J connectivity index is 0.927. The Kier molecular flexibility index (Phi) is 8.01. The molecule has 0 saturated carbocycles. The van der Waals surface area contributed by atoms with Gasteiger partial charge in [0.15, 0.2) is 23.1 Å². The third kappa shape index (κ3) is 5.80. The highest BCUT2D eigenvalue weighted by Gasteiger charge is 2.20. The van der Waals surface area contributed by atoms with Crippen molar-refractivity contribution in [2.75, 3.05) is 0 Å². The summed E-state index contributed by atoms with van der Waals surface area (Å²) in [4.78, 5) is 15.4. The van der Waals surface area contributed by atoms with Crippen molar-refractivity contribution < 1.29 is 4.42 Å². The lowest BCUT2D eigenvalue weighted by Gasteiger charge is -2.09. The van der Waals surface area contributed by atoms with E-state index in [1.807, 2.05) is 30.3 Å². The zero-order valence-corrected chi connectivity index (χ0v) is 34.6. The second-order valence-electron chi connectivity index (χ2n) is 15.9. The Hall–Kier alpha value is -8.19. The summed E-state index contributed by atoms with van der Waals surface area (Å²) in [5.41, 5.74) is 12.4. The highest BCUT2D eigenvalue weighted by molar-refractivity contribution is 7.26. The molecular formula is C57H34N4OS. The van der Waals surface area contributed by atoms with Crippen molar-refractivity contribution in [3.05, 3.63) is 206 Å². The van der Waals surface area contributed by atoms with Crippen molar-refractivity contribution in [3.63, 3.8) is 0 Å². The number of hydrogen-bond acceptors (Lipinski definition) is 5. The van der Waals surface area contributed by atoms with E-state index in [1.165, 1.54) is 53.2 Å². The first-order valence-corrected chi connectivity index (χ1v) is 21.9. The number of thiophene rings is 1. The molecule has 0 saturated heterocycles. The van der Waals surface area contributed by atoms with Crippen LogP contribution in [0.3, 0.4) is 0 Å². The predicted octanol–water partition coefficient (Wildman–Crippen LogP) is 15.6. The number of nitrogens with zero attached hydrogens (tertiary/aromatic N) is 4. The van der Waals surface area contributed by atoms with Gasteiger partial charge in [-0.05, 0) is 64.7 Å². The molecule has 0 aliphatic rings. The van der Waals surface area contributed by atoms with E-state index in [1.54, 1.807) is 11.3 Å². The summed E-state index contributed by atoms with van der Waals surface area (Å²) >= 11 is 1.80. The van der Waals surface area contributed by atoms with Gasteiger partial charge in [0.05, 0.1) is 16.7 Å². The molecule has 0 amide bonds. The summed E-state index contributed by atoms with van der Waals surface area (Å²) in [6, 6.07) is 72.6. The number of benzene rings is 9. The molecule has 0 aliphatic heterocycles. The van der Waals surface area contributed by atoms with Crippen LogP contribution in [-0.4, -0.2) is 19.5 Å². The maximum Gasteiger partial charge on any atom is 0.164 e. The van der Waals surface area contributed by atoms with Crippen LogP contribution >= 0.6 is 11.3 Å². The van der Waals surface area contributed by atoms with Gasteiger partial charge in [-0.15, -0.1) is 11.3 Å². The van der Waals surface area contributed by atoms with Gasteiger partial charge in [0.25, 0.3) is 0 Å². The highest BCUT2D eigenvalue weighted by atomic mass is 32.1. The minimum Gasteiger partial charge on any atom is -0.454 e. The van der Waals surface area contributed by atoms with Crippen molar-refractivity contribution in [1.82, 2.24) is 19.5 Å². The van der Waals surface area contributed by atoms with E-state index in [9.17, 15) is 0 Å². The first-order chi connectivity index (χ1) is 31.2. The van der Waals surface area contributed by atoms with Crippen LogP contribution in [0.2, 0.25) is 0 Å². The number of hydrogen-bond donors (Lipinski definition) is 0. The minimum absolute atomic E-state index is 0.585. The van der Waals surface area contributed by atoms with Crippen LogP contribution in [0.4, 0.5) is 0 Å². The molecule has 0 atom stereocenters. The van der Waals surface area contributed by atoms with Gasteiger partial charge in [0.2, 0.25) is 0 Å². The second kappa shape index (κ2) is 14.2. The average molecular weight is 823 g/mol. The lowest BCUT2D eigenvalue weighted by molar-refractivity contribution is 0.666. The summed E-state index contributed by atoms with van der Waals surface area (Å²) in [5.74, 6) is 1.82. The molecule has 4 aromatic heterocycles. The SMILES string of the molecule is c1ccc(-c2ccc(-c3cccc4sc5cc(-c6nc(-c7ccccc7)nc(-c7ccc8c(c7)oc7c(-n9c%10ccccc%10c%10ccccc%109)cccc78)n6)ccc5c34)cc2)cc1. The third-order valence-corrected chi connectivity index (χ3v) is 13.4. The summed E-state index contributed by atoms with van der Waals surface area (Å²) in [7, 11) is 0. The van der Waals surface area contributed by atoms with Crippen molar-refractivity contribution in [3.8, 4) is 62.1 Å².